The molecule has 0 aromatic carbocycles. The van der Waals surface area contributed by atoms with E-state index in [1.807, 2.05) is 27.7 Å². The van der Waals surface area contributed by atoms with Gasteiger partial charge in [-0.15, -0.1) is 0 Å². The predicted octanol–water partition coefficient (Wildman–Crippen LogP) is 1.32. The highest BCUT2D eigenvalue weighted by Crippen LogP contribution is 2.28. The van der Waals surface area contributed by atoms with Gasteiger partial charge in [-0.25, -0.2) is 0 Å². The van der Waals surface area contributed by atoms with Crippen molar-refractivity contribution in [3.05, 3.63) is 0 Å². The molecule has 0 radical (unpaired) electrons. The number of piperazine rings is 1. The molecule has 0 aliphatic carbocycles. The van der Waals surface area contributed by atoms with Crippen molar-refractivity contribution in [3.8, 4) is 0 Å². The molecule has 1 unspecified atom stereocenters. The molecule has 5 nitrogen and oxygen atoms in total. The summed E-state index contributed by atoms with van der Waals surface area (Å²) in [6.07, 6.45) is 1.37. The van der Waals surface area contributed by atoms with Gasteiger partial charge in [0.25, 0.3) is 0 Å². The Morgan fingerprint density at radius 2 is 1.89 bits per heavy atom. The van der Waals surface area contributed by atoms with E-state index in [2.05, 4.69) is 5.32 Å². The Morgan fingerprint density at radius 3 is 2.37 bits per heavy atom. The lowest BCUT2D eigenvalue weighted by Crippen LogP contribution is -2.70. The molecule has 2 amide bonds. The number of amides is 2. The van der Waals surface area contributed by atoms with Gasteiger partial charge in [0.2, 0.25) is 11.8 Å². The molecule has 19 heavy (non-hydrogen) atoms. The van der Waals surface area contributed by atoms with Crippen LogP contribution in [0, 0.1) is 0 Å². The van der Waals surface area contributed by atoms with Crippen LogP contribution in [0.5, 0.6) is 0 Å². The van der Waals surface area contributed by atoms with E-state index in [1.165, 1.54) is 0 Å². The minimum Gasteiger partial charge on any atom is -0.377 e. The Hall–Kier alpha value is -1.10. The zero-order valence-electron chi connectivity index (χ0n) is 12.7. The molecule has 1 fully saturated rings. The molecule has 1 heterocycles. The van der Waals surface area contributed by atoms with Crippen molar-refractivity contribution in [1.29, 1.82) is 0 Å². The maximum Gasteiger partial charge on any atom is 0.246 e. The fourth-order valence-electron chi connectivity index (χ4n) is 2.62. The monoisotopic (exact) mass is 270 g/mol. The first-order chi connectivity index (χ1) is 8.89. The lowest BCUT2D eigenvalue weighted by molar-refractivity contribution is -0.159. The van der Waals surface area contributed by atoms with Gasteiger partial charge < -0.3 is 15.0 Å². The molecular weight excluding hydrogens is 244 g/mol. The average molecular weight is 270 g/mol. The third-order valence-corrected chi connectivity index (χ3v) is 3.86. The van der Waals surface area contributed by atoms with Crippen molar-refractivity contribution < 1.29 is 14.3 Å². The van der Waals surface area contributed by atoms with E-state index < -0.39 is 11.6 Å². The topological polar surface area (TPSA) is 58.6 Å². The normalized spacial score (nSPS) is 22.8. The lowest BCUT2D eigenvalue weighted by atomic mass is 9.86. The highest BCUT2D eigenvalue weighted by atomic mass is 16.5. The molecular formula is C14H26N2O3. The molecule has 1 saturated heterocycles. The summed E-state index contributed by atoms with van der Waals surface area (Å²) in [7, 11) is 0. The summed E-state index contributed by atoms with van der Waals surface area (Å²) < 4.78 is 5.52. The average Bonchev–Trinajstić information content (AvgIpc) is 2.36. The number of nitrogens with one attached hydrogen (secondary N) is 1. The van der Waals surface area contributed by atoms with Gasteiger partial charge in [-0.2, -0.15) is 0 Å². The van der Waals surface area contributed by atoms with Crippen molar-refractivity contribution >= 4 is 11.8 Å². The number of nitrogens with zero attached hydrogens (tertiary/aromatic N) is 1. The minimum atomic E-state index is -0.718. The second kappa shape index (κ2) is 6.37. The summed E-state index contributed by atoms with van der Waals surface area (Å²) in [6.45, 7) is 10.5. The van der Waals surface area contributed by atoms with Crippen molar-refractivity contribution in [2.45, 2.75) is 65.1 Å². The van der Waals surface area contributed by atoms with Gasteiger partial charge in [0.15, 0.2) is 0 Å². The second-order valence-electron chi connectivity index (χ2n) is 5.34. The standard InChI is InChI=1S/C14H26N2O3/c1-6-14(7-2)13(18)15-11(5)12(17)16(14)8-9-19-10(3)4/h10-11H,6-9H2,1-5H3,(H,15,18). The fourth-order valence-corrected chi connectivity index (χ4v) is 2.62. The smallest absolute Gasteiger partial charge is 0.246 e. The zero-order valence-corrected chi connectivity index (χ0v) is 12.7. The third kappa shape index (κ3) is 3.08. The van der Waals surface area contributed by atoms with Crippen molar-refractivity contribution in [1.82, 2.24) is 10.2 Å². The first-order valence-corrected chi connectivity index (χ1v) is 7.13. The largest absolute Gasteiger partial charge is 0.377 e. The summed E-state index contributed by atoms with van der Waals surface area (Å²) in [5, 5.41) is 2.78. The number of hydrogen-bond donors (Lipinski definition) is 1. The van der Waals surface area contributed by atoms with Crippen molar-refractivity contribution in [2.24, 2.45) is 0 Å². The Labute approximate surface area is 115 Å². The molecule has 0 aromatic rings. The van der Waals surface area contributed by atoms with Crippen LogP contribution in [-0.4, -0.2) is 47.6 Å². The van der Waals surface area contributed by atoms with Crippen LogP contribution in [0.25, 0.3) is 0 Å². The Balaban J connectivity index is 2.89. The van der Waals surface area contributed by atoms with E-state index in [9.17, 15) is 9.59 Å². The quantitative estimate of drug-likeness (QED) is 0.792. The highest BCUT2D eigenvalue weighted by Gasteiger charge is 2.48. The van der Waals surface area contributed by atoms with E-state index >= 15 is 0 Å². The maximum absolute atomic E-state index is 12.3. The summed E-state index contributed by atoms with van der Waals surface area (Å²) in [4.78, 5) is 26.3. The van der Waals surface area contributed by atoms with Gasteiger partial charge in [0, 0.05) is 6.54 Å². The van der Waals surface area contributed by atoms with Crippen LogP contribution in [0.1, 0.15) is 47.5 Å². The predicted molar refractivity (Wildman–Crippen MR) is 73.7 cm³/mol. The third-order valence-electron chi connectivity index (χ3n) is 3.86. The first kappa shape index (κ1) is 16.0. The van der Waals surface area contributed by atoms with Gasteiger partial charge in [-0.3, -0.25) is 9.59 Å². The van der Waals surface area contributed by atoms with Gasteiger partial charge in [0.1, 0.15) is 11.6 Å². The molecule has 1 aliphatic rings. The van der Waals surface area contributed by atoms with Crippen LogP contribution in [0.4, 0.5) is 0 Å². The number of carbonyl (C=O) groups is 2. The molecule has 5 heteroatoms. The Kier molecular flexibility index (Phi) is 5.35. The van der Waals surface area contributed by atoms with Gasteiger partial charge in [-0.1, -0.05) is 13.8 Å². The maximum atomic E-state index is 12.3. The number of hydrogen-bond acceptors (Lipinski definition) is 3. The van der Waals surface area contributed by atoms with Crippen LogP contribution in [0.15, 0.2) is 0 Å². The molecule has 1 N–H and O–H groups in total. The number of rotatable bonds is 6. The number of ether oxygens (including phenoxy) is 1. The zero-order chi connectivity index (χ0) is 14.6. The fraction of sp³-hybridized carbons (Fsp3) is 0.857. The second-order valence-corrected chi connectivity index (χ2v) is 5.34. The van der Waals surface area contributed by atoms with Crippen LogP contribution in [0.2, 0.25) is 0 Å². The van der Waals surface area contributed by atoms with Crippen LogP contribution < -0.4 is 5.32 Å². The van der Waals surface area contributed by atoms with Gasteiger partial charge >= 0.3 is 0 Å². The van der Waals surface area contributed by atoms with E-state index in [-0.39, 0.29) is 17.9 Å². The van der Waals surface area contributed by atoms with Gasteiger partial charge in [-0.05, 0) is 33.6 Å². The van der Waals surface area contributed by atoms with E-state index in [4.69, 9.17) is 4.74 Å². The molecule has 0 saturated carbocycles. The molecule has 1 aliphatic heterocycles. The molecule has 0 aromatic heterocycles. The summed E-state index contributed by atoms with van der Waals surface area (Å²) in [5.41, 5.74) is -0.718. The van der Waals surface area contributed by atoms with Crippen LogP contribution in [-0.2, 0) is 14.3 Å². The molecule has 0 bridgehead atoms. The molecule has 110 valence electrons. The van der Waals surface area contributed by atoms with E-state index in [0.29, 0.717) is 26.0 Å². The van der Waals surface area contributed by atoms with Crippen molar-refractivity contribution in [3.63, 3.8) is 0 Å². The lowest BCUT2D eigenvalue weighted by Gasteiger charge is -2.47. The summed E-state index contributed by atoms with van der Waals surface area (Å²) >= 11 is 0. The highest BCUT2D eigenvalue weighted by molar-refractivity contribution is 5.99. The first-order valence-electron chi connectivity index (χ1n) is 7.13. The summed E-state index contributed by atoms with van der Waals surface area (Å²) in [5.74, 6) is -0.0650. The number of carbonyl (C=O) groups excluding carboxylic acids is 2. The molecule has 0 spiro atoms. The molecule has 1 atom stereocenters. The van der Waals surface area contributed by atoms with E-state index in [1.54, 1.807) is 11.8 Å². The Morgan fingerprint density at radius 1 is 1.32 bits per heavy atom. The van der Waals surface area contributed by atoms with Crippen LogP contribution in [0.3, 0.4) is 0 Å². The van der Waals surface area contributed by atoms with Crippen LogP contribution >= 0.6 is 0 Å². The van der Waals surface area contributed by atoms with Crippen molar-refractivity contribution in [2.75, 3.05) is 13.2 Å². The summed E-state index contributed by atoms with van der Waals surface area (Å²) in [6, 6.07) is -0.447. The van der Waals surface area contributed by atoms with E-state index in [0.717, 1.165) is 0 Å². The Bertz CT molecular complexity index is 338. The molecule has 1 rings (SSSR count). The van der Waals surface area contributed by atoms with Gasteiger partial charge in [0.05, 0.1) is 12.7 Å². The SMILES string of the molecule is CCC1(CC)C(=O)NC(C)C(=O)N1CCOC(C)C. The minimum absolute atomic E-state index is 0.0179.